The van der Waals surface area contributed by atoms with E-state index in [1.54, 1.807) is 0 Å². The molecule has 67 heavy (non-hydrogen) atoms. The fraction of sp³-hybridized carbons (Fsp3) is 0.533. The number of aryl methyl sites for hydroxylation is 1. The molecule has 366 valence electrons. The number of imidazole rings is 2. The SMILES string of the molecule is Cc1cn([C@H]2C[C@H](OP(=O)(O)OC[C@H]3O[C@@H](n4cnc5c(=O)[nH]c(N)nc54)[C@H](O)[C@@H]3OP(=O)(O)OC[C@H]3O[C@@H](n4cnc5c(=O)[nH]c(N)nc54)[C@H](O)[C@@H]3O)[C@@H](COP(=O)(O)O)O2)c(=O)[nH]c1=O. The molecule has 3 saturated heterocycles. The monoisotopic (exact) mass is 1010 g/mol. The van der Waals surface area contributed by atoms with Gasteiger partial charge in [-0.25, -0.2) is 28.5 Å². The number of anilines is 2. The number of hydrogen-bond donors (Lipinski definition) is 12. The number of rotatable bonds is 16. The van der Waals surface area contributed by atoms with Crippen molar-refractivity contribution in [3.63, 3.8) is 0 Å². The van der Waals surface area contributed by atoms with E-state index in [0.29, 0.717) is 0 Å². The first-order chi connectivity index (χ1) is 31.4. The van der Waals surface area contributed by atoms with E-state index in [1.165, 1.54) is 6.92 Å². The zero-order chi connectivity index (χ0) is 48.5. The number of phosphoric ester groups is 3. The van der Waals surface area contributed by atoms with Crippen LogP contribution in [0.15, 0.2) is 38.0 Å². The number of hydrogen-bond acceptors (Lipinski definition) is 24. The minimum absolute atomic E-state index is 0.0494. The normalized spacial score (nSPS) is 29.8. The summed E-state index contributed by atoms with van der Waals surface area (Å²) < 4.78 is 84.1. The predicted molar refractivity (Wildman–Crippen MR) is 215 cm³/mol. The lowest BCUT2D eigenvalue weighted by molar-refractivity contribution is -0.0618. The van der Waals surface area contributed by atoms with Crippen LogP contribution in [0.25, 0.3) is 22.3 Å². The fourth-order valence-electron chi connectivity index (χ4n) is 7.39. The van der Waals surface area contributed by atoms with Crippen molar-refractivity contribution in [2.24, 2.45) is 0 Å². The Balaban J connectivity index is 1.00. The van der Waals surface area contributed by atoms with E-state index in [2.05, 4.69) is 34.4 Å². The second-order valence-electron chi connectivity index (χ2n) is 15.0. The number of ether oxygens (including phenoxy) is 3. The van der Waals surface area contributed by atoms with Gasteiger partial charge in [0.15, 0.2) is 34.8 Å². The maximum Gasteiger partial charge on any atom is 0.472 e. The van der Waals surface area contributed by atoms with Gasteiger partial charge < -0.3 is 60.6 Å². The van der Waals surface area contributed by atoms with Crippen molar-refractivity contribution < 1.29 is 85.4 Å². The van der Waals surface area contributed by atoms with Crippen LogP contribution in [-0.2, 0) is 50.5 Å². The second kappa shape index (κ2) is 18.2. The van der Waals surface area contributed by atoms with E-state index in [0.717, 1.165) is 32.6 Å². The Bertz CT molecular complexity index is 3080. The largest absolute Gasteiger partial charge is 0.472 e. The molecule has 3 fully saturated rings. The summed E-state index contributed by atoms with van der Waals surface area (Å²) in [7, 11) is -16.0. The van der Waals surface area contributed by atoms with Gasteiger partial charge in [0.25, 0.3) is 16.7 Å². The average molecular weight is 1010 g/mol. The maximum absolute atomic E-state index is 13.6. The summed E-state index contributed by atoms with van der Waals surface area (Å²) in [6.07, 6.45) is -16.2. The number of aromatic nitrogens is 10. The number of fused-ring (bicyclic) bond motifs is 2. The third-order valence-electron chi connectivity index (χ3n) is 10.5. The number of nitrogen functional groups attached to an aromatic ring is 2. The average Bonchev–Trinajstić information content (AvgIpc) is 4.05. The summed E-state index contributed by atoms with van der Waals surface area (Å²) in [4.78, 5) is 112. The molecule has 0 aromatic carbocycles. The lowest BCUT2D eigenvalue weighted by Crippen LogP contribution is -2.37. The van der Waals surface area contributed by atoms with Gasteiger partial charge in [-0.2, -0.15) is 9.97 Å². The quantitative estimate of drug-likeness (QED) is 0.0415. The molecule has 8 heterocycles. The number of aliphatic hydroxyl groups is 3. The van der Waals surface area contributed by atoms with Gasteiger partial charge in [0.1, 0.15) is 55.1 Å². The van der Waals surface area contributed by atoms with Gasteiger partial charge in [0.05, 0.1) is 32.5 Å². The Kier molecular flexibility index (Phi) is 13.2. The molecule has 0 spiro atoms. The molecule has 0 radical (unpaired) electrons. The highest BCUT2D eigenvalue weighted by atomic mass is 31.2. The molecule has 0 saturated carbocycles. The summed E-state index contributed by atoms with van der Waals surface area (Å²) in [5.74, 6) is -0.706. The standard InChI is InChI=1S/C30H39N12O22P3/c1-9-3-40(30(49)39-23(9)46)14-2-10(11(60-14)4-57-65(50,51)52)63-66(53,54)59-6-13-20(19(45)27(62-13)42-8-34-16-22(42)36-29(32)38-25(16)48)64-67(55,56)58-5-12-17(43)18(44)26(61-12)41-7-33-15-21(41)35-28(31)37-24(15)47/h3,7-8,10-14,17-20,26-27,43-45H,2,4-6H2,1H3,(H,53,54)(H,55,56)(H,39,46,49)(H2,50,51,52)(H3,31,35,37,47)(H3,32,36,38,48)/t10-,11+,12+,13+,14+,17+,18+,19+,20+,26+,27+/m0/s1. The van der Waals surface area contributed by atoms with Crippen LogP contribution in [-0.4, -0.2) is 152 Å². The zero-order valence-electron chi connectivity index (χ0n) is 33.8. The van der Waals surface area contributed by atoms with Gasteiger partial charge in [0.2, 0.25) is 11.9 Å². The highest BCUT2D eigenvalue weighted by Crippen LogP contribution is 2.52. The van der Waals surface area contributed by atoms with Crippen LogP contribution in [0.2, 0.25) is 0 Å². The van der Waals surface area contributed by atoms with Gasteiger partial charge in [-0.1, -0.05) is 0 Å². The smallest absolute Gasteiger partial charge is 0.387 e. The molecule has 5 aromatic rings. The number of H-pyrrole nitrogens is 3. The lowest BCUT2D eigenvalue weighted by atomic mass is 10.1. The molecule has 5 aromatic heterocycles. The van der Waals surface area contributed by atoms with Gasteiger partial charge in [-0.15, -0.1) is 0 Å². The van der Waals surface area contributed by atoms with Gasteiger partial charge in [-0.3, -0.25) is 65.7 Å². The van der Waals surface area contributed by atoms with E-state index in [9.17, 15) is 67.8 Å². The molecule has 13 atom stereocenters. The number of aliphatic hydroxyl groups excluding tert-OH is 3. The molecule has 0 amide bonds. The molecule has 2 unspecified atom stereocenters. The van der Waals surface area contributed by atoms with E-state index >= 15 is 0 Å². The van der Waals surface area contributed by atoms with Crippen molar-refractivity contribution in [1.82, 2.24) is 48.6 Å². The molecular weight excluding hydrogens is 973 g/mol. The van der Waals surface area contributed by atoms with Crippen LogP contribution in [0.3, 0.4) is 0 Å². The topological polar surface area (TPSA) is 501 Å². The zero-order valence-corrected chi connectivity index (χ0v) is 36.5. The van der Waals surface area contributed by atoms with E-state index in [-0.39, 0.29) is 33.8 Å². The maximum atomic E-state index is 13.6. The number of aromatic amines is 3. The number of nitrogens with zero attached hydrogens (tertiary/aromatic N) is 7. The van der Waals surface area contributed by atoms with Crippen molar-refractivity contribution >= 4 is 57.7 Å². The van der Waals surface area contributed by atoms with Crippen LogP contribution in [0.5, 0.6) is 0 Å². The highest BCUT2D eigenvalue weighted by Gasteiger charge is 2.52. The highest BCUT2D eigenvalue weighted by molar-refractivity contribution is 7.47. The third kappa shape index (κ3) is 10.1. The Morgan fingerprint density at radius 1 is 0.687 bits per heavy atom. The number of phosphoric acid groups is 3. The number of nitrogens with one attached hydrogen (secondary N) is 3. The first kappa shape index (κ1) is 48.5. The molecule has 8 rings (SSSR count). The minimum Gasteiger partial charge on any atom is -0.387 e. The molecule has 3 aliphatic rings. The Morgan fingerprint density at radius 2 is 1.21 bits per heavy atom. The van der Waals surface area contributed by atoms with E-state index in [1.807, 2.05) is 4.98 Å². The summed E-state index contributed by atoms with van der Waals surface area (Å²) >= 11 is 0. The summed E-state index contributed by atoms with van der Waals surface area (Å²) in [6.45, 7) is -1.72. The van der Waals surface area contributed by atoms with Gasteiger partial charge in [-0.05, 0) is 6.92 Å². The van der Waals surface area contributed by atoms with Crippen molar-refractivity contribution in [2.45, 2.75) is 80.9 Å². The molecule has 37 heteroatoms. The first-order valence-corrected chi connectivity index (χ1v) is 23.7. The number of nitrogens with two attached hydrogens (primary N) is 2. The van der Waals surface area contributed by atoms with Gasteiger partial charge >= 0.3 is 29.2 Å². The first-order valence-electron chi connectivity index (χ1n) is 19.2. The summed E-state index contributed by atoms with van der Waals surface area (Å²) in [5, 5.41) is 33.2. The second-order valence-corrected chi connectivity index (χ2v) is 19.1. The Labute approximate surface area is 369 Å². The molecule has 3 aliphatic heterocycles. The predicted octanol–water partition coefficient (Wildman–Crippen LogP) is -4.45. The summed E-state index contributed by atoms with van der Waals surface area (Å²) in [6, 6.07) is 0. The molecule has 0 bridgehead atoms. The van der Waals surface area contributed by atoms with Crippen molar-refractivity contribution in [2.75, 3.05) is 31.3 Å². The van der Waals surface area contributed by atoms with Crippen molar-refractivity contribution in [3.8, 4) is 0 Å². The van der Waals surface area contributed by atoms with Crippen molar-refractivity contribution in [3.05, 3.63) is 66.0 Å². The molecule has 34 nitrogen and oxygen atoms in total. The van der Waals surface area contributed by atoms with Crippen LogP contribution >= 0.6 is 23.5 Å². The lowest BCUT2D eigenvalue weighted by Gasteiger charge is -2.25. The van der Waals surface area contributed by atoms with Crippen LogP contribution in [0.1, 0.15) is 30.7 Å². The Hall–Kier alpha value is -4.93. The molecule has 0 aliphatic carbocycles. The van der Waals surface area contributed by atoms with Crippen LogP contribution < -0.4 is 33.8 Å². The van der Waals surface area contributed by atoms with Crippen molar-refractivity contribution in [1.29, 1.82) is 0 Å². The van der Waals surface area contributed by atoms with E-state index < -0.39 is 146 Å². The van der Waals surface area contributed by atoms with Gasteiger partial charge in [0, 0.05) is 18.2 Å². The third-order valence-corrected chi connectivity index (χ3v) is 13.0. The molecule has 14 N–H and O–H groups in total. The van der Waals surface area contributed by atoms with Crippen LogP contribution in [0, 0.1) is 6.92 Å². The van der Waals surface area contributed by atoms with Crippen LogP contribution in [0.4, 0.5) is 11.9 Å². The fourth-order valence-corrected chi connectivity index (χ4v) is 9.66. The molecular formula is C30H39N12O22P3. The Morgan fingerprint density at radius 3 is 1.79 bits per heavy atom. The minimum atomic E-state index is -5.46. The summed E-state index contributed by atoms with van der Waals surface area (Å²) in [5.41, 5.74) is 7.23. The van der Waals surface area contributed by atoms with E-state index in [4.69, 9.17) is 43.8 Å².